The number of amides is 2. The Bertz CT molecular complexity index is 710. The summed E-state index contributed by atoms with van der Waals surface area (Å²) in [5.74, 6) is -2.71. The molecule has 122 valence electrons. The number of anilines is 1. The minimum atomic E-state index is -4.71. The maximum atomic E-state index is 12.3. The molecule has 10 heteroatoms. The fourth-order valence-corrected chi connectivity index (χ4v) is 1.64. The van der Waals surface area contributed by atoms with Crippen molar-refractivity contribution in [3.63, 3.8) is 0 Å². The number of carbonyl (C=O) groups is 2. The van der Waals surface area contributed by atoms with Gasteiger partial charge in [-0.25, -0.2) is 0 Å². The van der Waals surface area contributed by atoms with Gasteiger partial charge in [-0.05, 0) is 24.3 Å². The van der Waals surface area contributed by atoms with Gasteiger partial charge in [0.05, 0.1) is 0 Å². The van der Waals surface area contributed by atoms with E-state index in [4.69, 9.17) is 5.73 Å². The number of rotatable bonds is 5. The second-order valence-corrected chi connectivity index (χ2v) is 4.50. The Morgan fingerprint density at radius 1 is 1.22 bits per heavy atom. The predicted molar refractivity (Wildman–Crippen MR) is 71.2 cm³/mol. The fourth-order valence-electron chi connectivity index (χ4n) is 1.64. The summed E-state index contributed by atoms with van der Waals surface area (Å²) in [6.45, 7) is 0. The van der Waals surface area contributed by atoms with Crippen molar-refractivity contribution in [2.24, 2.45) is 5.73 Å². The lowest BCUT2D eigenvalue weighted by atomic mass is 10.2. The Morgan fingerprint density at radius 2 is 1.87 bits per heavy atom. The standard InChI is InChI=1S/C13H11F3N4O3/c14-13(15,16)12-19-9(20-23-12)5-6-10(21)18-8-3-1-7(2-4-8)11(17)22/h1-4H,5-6H2,(H2,17,22)(H,18,21). The molecule has 2 aromatic rings. The monoisotopic (exact) mass is 328 g/mol. The Balaban J connectivity index is 1.87. The zero-order valence-corrected chi connectivity index (χ0v) is 11.6. The highest BCUT2D eigenvalue weighted by molar-refractivity contribution is 5.94. The molecule has 7 nitrogen and oxygen atoms in total. The third-order valence-electron chi connectivity index (χ3n) is 2.74. The minimum absolute atomic E-state index is 0.106. The number of aromatic nitrogens is 2. The van der Waals surface area contributed by atoms with Gasteiger partial charge >= 0.3 is 12.1 Å². The lowest BCUT2D eigenvalue weighted by Crippen LogP contribution is -2.14. The first-order valence-corrected chi connectivity index (χ1v) is 6.35. The van der Waals surface area contributed by atoms with Crippen molar-refractivity contribution in [1.82, 2.24) is 10.1 Å². The van der Waals surface area contributed by atoms with Gasteiger partial charge in [-0.15, -0.1) is 0 Å². The zero-order chi connectivity index (χ0) is 17.0. The molecule has 0 atom stereocenters. The number of benzene rings is 1. The SMILES string of the molecule is NC(=O)c1ccc(NC(=O)CCc2noc(C(F)(F)F)n2)cc1. The summed E-state index contributed by atoms with van der Waals surface area (Å²) in [5.41, 5.74) is 5.79. The van der Waals surface area contributed by atoms with Crippen molar-refractivity contribution in [3.8, 4) is 0 Å². The molecule has 0 fully saturated rings. The maximum absolute atomic E-state index is 12.3. The van der Waals surface area contributed by atoms with Crippen LogP contribution < -0.4 is 11.1 Å². The molecule has 0 saturated carbocycles. The van der Waals surface area contributed by atoms with Crippen LogP contribution >= 0.6 is 0 Å². The highest BCUT2D eigenvalue weighted by Gasteiger charge is 2.38. The number of nitrogens with one attached hydrogen (secondary N) is 1. The second kappa shape index (κ2) is 6.46. The summed E-state index contributed by atoms with van der Waals surface area (Å²) < 4.78 is 40.9. The molecule has 0 saturated heterocycles. The molecule has 1 aromatic carbocycles. The number of nitrogens with zero attached hydrogens (tertiary/aromatic N) is 2. The average molecular weight is 328 g/mol. The number of hydrogen-bond donors (Lipinski definition) is 2. The molecule has 0 aliphatic rings. The van der Waals surface area contributed by atoms with E-state index in [1.165, 1.54) is 24.3 Å². The Kier molecular flexibility index (Phi) is 4.63. The third-order valence-corrected chi connectivity index (χ3v) is 2.74. The van der Waals surface area contributed by atoms with Crippen LogP contribution in [0.15, 0.2) is 28.8 Å². The van der Waals surface area contributed by atoms with Crippen LogP contribution in [0.1, 0.15) is 28.5 Å². The van der Waals surface area contributed by atoms with Crippen LogP contribution in [0.5, 0.6) is 0 Å². The second-order valence-electron chi connectivity index (χ2n) is 4.50. The first-order valence-electron chi connectivity index (χ1n) is 6.35. The highest BCUT2D eigenvalue weighted by atomic mass is 19.4. The zero-order valence-electron chi connectivity index (χ0n) is 11.6. The number of hydrogen-bond acceptors (Lipinski definition) is 5. The van der Waals surface area contributed by atoms with Gasteiger partial charge in [0.1, 0.15) is 0 Å². The summed E-state index contributed by atoms with van der Waals surface area (Å²) in [4.78, 5) is 25.8. The van der Waals surface area contributed by atoms with Crippen molar-refractivity contribution in [2.75, 3.05) is 5.32 Å². The highest BCUT2D eigenvalue weighted by Crippen LogP contribution is 2.27. The van der Waals surface area contributed by atoms with Gasteiger partial charge in [-0.1, -0.05) is 5.16 Å². The summed E-state index contributed by atoms with van der Waals surface area (Å²) in [6, 6.07) is 5.84. The molecule has 0 aliphatic carbocycles. The molecule has 2 amide bonds. The first-order chi connectivity index (χ1) is 10.8. The van der Waals surface area contributed by atoms with Crippen LogP contribution in [0.3, 0.4) is 0 Å². The van der Waals surface area contributed by atoms with Gasteiger partial charge in [0.2, 0.25) is 11.8 Å². The molecule has 2 rings (SSSR count). The number of aryl methyl sites for hydroxylation is 1. The molecular weight excluding hydrogens is 317 g/mol. The molecule has 3 N–H and O–H groups in total. The van der Waals surface area contributed by atoms with E-state index in [1.807, 2.05) is 0 Å². The van der Waals surface area contributed by atoms with Crippen molar-refractivity contribution in [1.29, 1.82) is 0 Å². The van der Waals surface area contributed by atoms with Crippen LogP contribution in [-0.4, -0.2) is 22.0 Å². The molecule has 0 bridgehead atoms. The van der Waals surface area contributed by atoms with E-state index in [2.05, 4.69) is 20.0 Å². The molecule has 1 aromatic heterocycles. The molecule has 1 heterocycles. The number of alkyl halides is 3. The van der Waals surface area contributed by atoms with Gasteiger partial charge in [0, 0.05) is 24.1 Å². The van der Waals surface area contributed by atoms with Gasteiger partial charge in [0.15, 0.2) is 5.82 Å². The summed E-state index contributed by atoms with van der Waals surface area (Å²) >= 11 is 0. The molecule has 0 radical (unpaired) electrons. The van der Waals surface area contributed by atoms with E-state index < -0.39 is 23.9 Å². The van der Waals surface area contributed by atoms with E-state index in [0.29, 0.717) is 5.69 Å². The summed E-state index contributed by atoms with van der Waals surface area (Å²) in [7, 11) is 0. The smallest absolute Gasteiger partial charge is 0.366 e. The van der Waals surface area contributed by atoms with Crippen LogP contribution in [0, 0.1) is 0 Å². The minimum Gasteiger partial charge on any atom is -0.366 e. The van der Waals surface area contributed by atoms with Crippen LogP contribution in [0.25, 0.3) is 0 Å². The van der Waals surface area contributed by atoms with E-state index in [9.17, 15) is 22.8 Å². The number of carbonyl (C=O) groups excluding carboxylic acids is 2. The first kappa shape index (κ1) is 16.5. The number of primary amides is 1. The van der Waals surface area contributed by atoms with Crippen molar-refractivity contribution in [2.45, 2.75) is 19.0 Å². The van der Waals surface area contributed by atoms with E-state index >= 15 is 0 Å². The van der Waals surface area contributed by atoms with E-state index in [-0.39, 0.29) is 24.2 Å². The van der Waals surface area contributed by atoms with Gasteiger partial charge in [-0.3, -0.25) is 9.59 Å². The third kappa shape index (κ3) is 4.53. The lowest BCUT2D eigenvalue weighted by Gasteiger charge is -2.04. The van der Waals surface area contributed by atoms with Crippen molar-refractivity contribution >= 4 is 17.5 Å². The van der Waals surface area contributed by atoms with Crippen molar-refractivity contribution in [3.05, 3.63) is 41.5 Å². The normalized spacial score (nSPS) is 11.3. The molecule has 0 unspecified atom stereocenters. The van der Waals surface area contributed by atoms with Gasteiger partial charge < -0.3 is 15.6 Å². The van der Waals surface area contributed by atoms with Crippen LogP contribution in [-0.2, 0) is 17.4 Å². The van der Waals surface area contributed by atoms with Crippen molar-refractivity contribution < 1.29 is 27.3 Å². The molecule has 0 spiro atoms. The largest absolute Gasteiger partial charge is 0.471 e. The molecular formula is C13H11F3N4O3. The van der Waals surface area contributed by atoms with Crippen LogP contribution in [0.4, 0.5) is 18.9 Å². The molecule has 23 heavy (non-hydrogen) atoms. The quantitative estimate of drug-likeness (QED) is 0.869. The number of halogens is 3. The topological polar surface area (TPSA) is 111 Å². The lowest BCUT2D eigenvalue weighted by molar-refractivity contribution is -0.159. The van der Waals surface area contributed by atoms with Gasteiger partial charge in [0.25, 0.3) is 0 Å². The fraction of sp³-hybridized carbons (Fsp3) is 0.231. The predicted octanol–water partition coefficient (Wildman–Crippen LogP) is 1.76. The summed E-state index contributed by atoms with van der Waals surface area (Å²) in [5, 5.41) is 5.67. The number of nitrogens with two attached hydrogens (primary N) is 1. The van der Waals surface area contributed by atoms with E-state index in [1.54, 1.807) is 0 Å². The van der Waals surface area contributed by atoms with Gasteiger partial charge in [-0.2, -0.15) is 18.2 Å². The van der Waals surface area contributed by atoms with E-state index in [0.717, 1.165) is 0 Å². The average Bonchev–Trinajstić information content (AvgIpc) is 2.95. The summed E-state index contributed by atoms with van der Waals surface area (Å²) in [6.07, 6.45) is -4.95. The Labute approximate surface area is 127 Å². The maximum Gasteiger partial charge on any atom is 0.471 e. The Morgan fingerprint density at radius 3 is 2.39 bits per heavy atom. The van der Waals surface area contributed by atoms with Crippen LogP contribution in [0.2, 0.25) is 0 Å². The Hall–Kier alpha value is -2.91. The molecule has 0 aliphatic heterocycles.